The van der Waals surface area contributed by atoms with E-state index in [9.17, 15) is 4.79 Å². The highest BCUT2D eigenvalue weighted by atomic mass is 35.5. The van der Waals surface area contributed by atoms with E-state index in [1.807, 2.05) is 38.1 Å². The Kier molecular flexibility index (Phi) is 8.35. The highest BCUT2D eigenvalue weighted by Gasteiger charge is 2.22. The van der Waals surface area contributed by atoms with Crippen LogP contribution in [0.3, 0.4) is 0 Å². The Morgan fingerprint density at radius 3 is 2.84 bits per heavy atom. The summed E-state index contributed by atoms with van der Waals surface area (Å²) in [6.45, 7) is 7.85. The van der Waals surface area contributed by atoms with Crippen LogP contribution in [-0.2, 0) is 11.3 Å². The number of nitrogens with one attached hydrogen (secondary N) is 1. The SMILES string of the molecule is CC(C)=CCOc1cc(N)c(Cl)cc1C(=O)NCC1CN(Cc2ccccc2)CCO1. The summed E-state index contributed by atoms with van der Waals surface area (Å²) in [7, 11) is 0. The summed E-state index contributed by atoms with van der Waals surface area (Å²) in [5.74, 6) is 0.144. The quantitative estimate of drug-likeness (QED) is 0.478. The molecular weight excluding hydrogens is 414 g/mol. The highest BCUT2D eigenvalue weighted by Crippen LogP contribution is 2.29. The van der Waals surface area contributed by atoms with Crippen LogP contribution in [-0.4, -0.2) is 49.8 Å². The zero-order valence-corrected chi connectivity index (χ0v) is 18.8. The van der Waals surface area contributed by atoms with Crippen molar-refractivity contribution in [2.45, 2.75) is 26.5 Å². The largest absolute Gasteiger partial charge is 0.489 e. The Labute approximate surface area is 189 Å². The number of anilines is 1. The maximum absolute atomic E-state index is 12.9. The van der Waals surface area contributed by atoms with Gasteiger partial charge in [0, 0.05) is 32.2 Å². The first-order valence-corrected chi connectivity index (χ1v) is 10.8. The van der Waals surface area contributed by atoms with Crippen molar-refractivity contribution in [1.29, 1.82) is 0 Å². The minimum absolute atomic E-state index is 0.0827. The maximum Gasteiger partial charge on any atom is 0.255 e. The van der Waals surface area contributed by atoms with E-state index in [-0.39, 0.29) is 12.0 Å². The van der Waals surface area contributed by atoms with Crippen LogP contribution in [0.15, 0.2) is 54.1 Å². The topological polar surface area (TPSA) is 76.8 Å². The summed E-state index contributed by atoms with van der Waals surface area (Å²) < 4.78 is 11.6. The number of carbonyl (C=O) groups is 1. The first-order chi connectivity index (χ1) is 14.9. The number of halogens is 1. The Morgan fingerprint density at radius 1 is 1.32 bits per heavy atom. The average Bonchev–Trinajstić information content (AvgIpc) is 2.75. The minimum atomic E-state index is -0.266. The molecule has 6 nitrogen and oxygen atoms in total. The van der Waals surface area contributed by atoms with E-state index in [0.29, 0.717) is 41.8 Å². The van der Waals surface area contributed by atoms with Crippen LogP contribution in [0.25, 0.3) is 0 Å². The number of nitrogens with zero attached hydrogens (tertiary/aromatic N) is 1. The van der Waals surface area contributed by atoms with Crippen LogP contribution < -0.4 is 15.8 Å². The van der Waals surface area contributed by atoms with Gasteiger partial charge in [0.2, 0.25) is 0 Å². The van der Waals surface area contributed by atoms with E-state index in [0.717, 1.165) is 25.2 Å². The Balaban J connectivity index is 1.59. The van der Waals surface area contributed by atoms with Crippen molar-refractivity contribution in [3.63, 3.8) is 0 Å². The summed E-state index contributed by atoms with van der Waals surface area (Å²) in [5, 5.41) is 3.28. The number of rotatable bonds is 8. The fourth-order valence-corrected chi connectivity index (χ4v) is 3.52. The molecule has 1 fully saturated rings. The van der Waals surface area contributed by atoms with Gasteiger partial charge in [-0.3, -0.25) is 9.69 Å². The van der Waals surface area contributed by atoms with Gasteiger partial charge < -0.3 is 20.5 Å². The molecule has 1 saturated heterocycles. The smallest absolute Gasteiger partial charge is 0.255 e. The lowest BCUT2D eigenvalue weighted by Gasteiger charge is -2.33. The van der Waals surface area contributed by atoms with Crippen molar-refractivity contribution in [3.05, 3.63) is 70.3 Å². The van der Waals surface area contributed by atoms with Gasteiger partial charge >= 0.3 is 0 Å². The first-order valence-electron chi connectivity index (χ1n) is 10.4. The standard InChI is InChI=1S/C24H30ClN3O3/c1-17(2)8-10-31-23-13-22(26)21(25)12-20(23)24(29)27-14-19-16-28(9-11-30-19)15-18-6-4-3-5-7-18/h3-8,12-13,19H,9-11,14-16,26H2,1-2H3,(H,27,29). The van der Waals surface area contributed by atoms with Gasteiger partial charge in [0.1, 0.15) is 12.4 Å². The van der Waals surface area contributed by atoms with E-state index in [2.05, 4.69) is 22.3 Å². The molecule has 0 aliphatic carbocycles. The Bertz CT molecular complexity index is 914. The Hall–Kier alpha value is -2.54. The molecule has 2 aromatic rings. The van der Waals surface area contributed by atoms with E-state index in [1.54, 1.807) is 12.1 Å². The zero-order valence-electron chi connectivity index (χ0n) is 18.1. The van der Waals surface area contributed by atoms with Crippen molar-refractivity contribution in [2.75, 3.05) is 38.6 Å². The number of hydrogen-bond donors (Lipinski definition) is 2. The molecule has 1 heterocycles. The molecule has 31 heavy (non-hydrogen) atoms. The Morgan fingerprint density at radius 2 is 2.10 bits per heavy atom. The molecule has 1 aliphatic rings. The summed E-state index contributed by atoms with van der Waals surface area (Å²) in [4.78, 5) is 15.2. The molecule has 0 radical (unpaired) electrons. The molecule has 166 valence electrons. The number of nitrogen functional groups attached to an aromatic ring is 1. The number of allylic oxidation sites excluding steroid dienone is 1. The molecule has 3 rings (SSSR count). The van der Waals surface area contributed by atoms with E-state index < -0.39 is 0 Å². The fraction of sp³-hybridized carbons (Fsp3) is 0.375. The van der Waals surface area contributed by atoms with Crippen molar-refractivity contribution in [1.82, 2.24) is 10.2 Å². The van der Waals surface area contributed by atoms with Gasteiger partial charge in [-0.15, -0.1) is 0 Å². The van der Waals surface area contributed by atoms with Crippen LogP contribution >= 0.6 is 11.6 Å². The molecule has 1 aliphatic heterocycles. The number of carbonyl (C=O) groups excluding carboxylic acids is 1. The van der Waals surface area contributed by atoms with Crippen LogP contribution in [0, 0.1) is 0 Å². The lowest BCUT2D eigenvalue weighted by Crippen LogP contribution is -2.47. The predicted molar refractivity (Wildman–Crippen MR) is 125 cm³/mol. The lowest BCUT2D eigenvalue weighted by molar-refractivity contribution is -0.0292. The van der Waals surface area contributed by atoms with Gasteiger partial charge in [0.15, 0.2) is 0 Å². The molecule has 0 aromatic heterocycles. The average molecular weight is 444 g/mol. The van der Waals surface area contributed by atoms with Gasteiger partial charge in [-0.05, 0) is 31.6 Å². The zero-order chi connectivity index (χ0) is 22.2. The number of ether oxygens (including phenoxy) is 2. The van der Waals surface area contributed by atoms with Crippen molar-refractivity contribution in [2.24, 2.45) is 0 Å². The van der Waals surface area contributed by atoms with Crippen molar-refractivity contribution in [3.8, 4) is 5.75 Å². The maximum atomic E-state index is 12.9. The normalized spacial score (nSPS) is 16.5. The second-order valence-electron chi connectivity index (χ2n) is 7.89. The molecule has 0 saturated carbocycles. The van der Waals surface area contributed by atoms with Crippen LogP contribution in [0.5, 0.6) is 5.75 Å². The number of amides is 1. The van der Waals surface area contributed by atoms with Crippen molar-refractivity contribution >= 4 is 23.2 Å². The second-order valence-corrected chi connectivity index (χ2v) is 8.29. The third-order valence-corrected chi connectivity index (χ3v) is 5.36. The second kappa shape index (κ2) is 11.2. The molecule has 0 bridgehead atoms. The van der Waals surface area contributed by atoms with Gasteiger partial charge in [-0.25, -0.2) is 0 Å². The fourth-order valence-electron chi connectivity index (χ4n) is 3.35. The first kappa shape index (κ1) is 23.1. The minimum Gasteiger partial charge on any atom is -0.489 e. The monoisotopic (exact) mass is 443 g/mol. The van der Waals surface area contributed by atoms with Gasteiger partial charge in [-0.2, -0.15) is 0 Å². The van der Waals surface area contributed by atoms with Gasteiger partial charge in [-0.1, -0.05) is 47.5 Å². The molecule has 1 atom stereocenters. The number of nitrogens with two attached hydrogens (primary N) is 1. The molecule has 2 aromatic carbocycles. The molecule has 0 spiro atoms. The summed E-state index contributed by atoms with van der Waals surface area (Å²) in [6, 6.07) is 13.5. The summed E-state index contributed by atoms with van der Waals surface area (Å²) in [5.41, 5.74) is 9.03. The highest BCUT2D eigenvalue weighted by molar-refractivity contribution is 6.33. The van der Waals surface area contributed by atoms with Crippen molar-refractivity contribution < 1.29 is 14.3 Å². The van der Waals surface area contributed by atoms with E-state index in [1.165, 1.54) is 5.56 Å². The van der Waals surface area contributed by atoms with E-state index >= 15 is 0 Å². The number of benzene rings is 2. The third-order valence-electron chi connectivity index (χ3n) is 5.04. The third kappa shape index (κ3) is 6.99. The summed E-state index contributed by atoms with van der Waals surface area (Å²) >= 11 is 6.16. The number of hydrogen-bond acceptors (Lipinski definition) is 5. The summed E-state index contributed by atoms with van der Waals surface area (Å²) in [6.07, 6.45) is 1.85. The lowest BCUT2D eigenvalue weighted by atomic mass is 10.1. The predicted octanol–water partition coefficient (Wildman–Crippen LogP) is 3.90. The van der Waals surface area contributed by atoms with Crippen LogP contribution in [0.4, 0.5) is 5.69 Å². The van der Waals surface area contributed by atoms with Crippen LogP contribution in [0.2, 0.25) is 5.02 Å². The van der Waals surface area contributed by atoms with Gasteiger partial charge in [0.25, 0.3) is 5.91 Å². The van der Waals surface area contributed by atoms with Gasteiger partial charge in [0.05, 0.1) is 29.0 Å². The molecule has 1 amide bonds. The molecule has 1 unspecified atom stereocenters. The van der Waals surface area contributed by atoms with E-state index in [4.69, 9.17) is 26.8 Å². The molecular formula is C24H30ClN3O3. The van der Waals surface area contributed by atoms with Crippen LogP contribution in [0.1, 0.15) is 29.8 Å². The number of morpholine rings is 1. The molecule has 3 N–H and O–H groups in total. The molecule has 7 heteroatoms.